The topological polar surface area (TPSA) is 38.7 Å². The molecule has 19 heavy (non-hydrogen) atoms. The molecule has 0 heterocycles. The number of isocyanates is 1. The molecule has 104 valence electrons. The second-order valence-corrected chi connectivity index (χ2v) is 5.81. The van der Waals surface area contributed by atoms with Gasteiger partial charge >= 0.3 is 0 Å². The molecule has 3 heteroatoms. The molecule has 0 N–H and O–H groups in total. The number of aliphatic imine (C=N–C) groups is 1. The summed E-state index contributed by atoms with van der Waals surface area (Å²) in [4.78, 5) is 13.6. The largest absolute Gasteiger partial charge is 0.496 e. The minimum Gasteiger partial charge on any atom is -0.496 e. The summed E-state index contributed by atoms with van der Waals surface area (Å²) >= 11 is 0. The van der Waals surface area contributed by atoms with Gasteiger partial charge in [0.2, 0.25) is 6.08 Å². The lowest BCUT2D eigenvalue weighted by Gasteiger charge is -2.24. The van der Waals surface area contributed by atoms with Crippen LogP contribution in [0.2, 0.25) is 0 Å². The van der Waals surface area contributed by atoms with E-state index in [0.717, 1.165) is 18.6 Å². The van der Waals surface area contributed by atoms with Gasteiger partial charge < -0.3 is 4.74 Å². The Morgan fingerprint density at radius 3 is 2.53 bits per heavy atom. The zero-order valence-electron chi connectivity index (χ0n) is 12.5. The third kappa shape index (κ3) is 4.22. The monoisotopic (exact) mass is 261 g/mol. The van der Waals surface area contributed by atoms with Crippen LogP contribution < -0.4 is 4.74 Å². The quantitative estimate of drug-likeness (QED) is 0.462. The lowest BCUT2D eigenvalue weighted by Crippen LogP contribution is -2.14. The Hall–Kier alpha value is -1.60. The first-order valence-corrected chi connectivity index (χ1v) is 6.61. The SMILES string of the molecule is COc1cc(C)c(CCCN=C=O)cc1C(C)(C)C. The Kier molecular flexibility index (Phi) is 5.31. The fraction of sp³-hybridized carbons (Fsp3) is 0.562. The second kappa shape index (κ2) is 6.53. The van der Waals surface area contributed by atoms with Gasteiger partial charge in [-0.05, 0) is 47.9 Å². The number of ether oxygens (including phenoxy) is 1. The molecule has 0 saturated carbocycles. The van der Waals surface area contributed by atoms with Crippen molar-refractivity contribution < 1.29 is 9.53 Å². The number of aryl methyl sites for hydroxylation is 2. The van der Waals surface area contributed by atoms with Crippen molar-refractivity contribution in [2.45, 2.75) is 46.0 Å². The highest BCUT2D eigenvalue weighted by Gasteiger charge is 2.20. The minimum atomic E-state index is 0.0503. The van der Waals surface area contributed by atoms with E-state index in [-0.39, 0.29) is 5.41 Å². The van der Waals surface area contributed by atoms with Gasteiger partial charge in [0.15, 0.2) is 0 Å². The molecule has 0 radical (unpaired) electrons. The van der Waals surface area contributed by atoms with Gasteiger partial charge in [0, 0.05) is 0 Å². The maximum absolute atomic E-state index is 10.0. The van der Waals surface area contributed by atoms with E-state index in [4.69, 9.17) is 4.74 Å². The highest BCUT2D eigenvalue weighted by atomic mass is 16.5. The zero-order chi connectivity index (χ0) is 14.5. The lowest BCUT2D eigenvalue weighted by molar-refractivity contribution is 0.397. The van der Waals surface area contributed by atoms with Crippen molar-refractivity contribution in [3.05, 3.63) is 28.8 Å². The normalized spacial score (nSPS) is 11.0. The van der Waals surface area contributed by atoms with E-state index in [1.807, 2.05) is 0 Å². The number of nitrogens with zero attached hydrogens (tertiary/aromatic N) is 1. The highest BCUT2D eigenvalue weighted by molar-refractivity contribution is 5.45. The molecule has 0 spiro atoms. The van der Waals surface area contributed by atoms with Crippen LogP contribution in [0, 0.1) is 6.92 Å². The first-order chi connectivity index (χ1) is 8.90. The molecule has 0 aliphatic carbocycles. The average molecular weight is 261 g/mol. The molecule has 0 bridgehead atoms. The van der Waals surface area contributed by atoms with Crippen LogP contribution in [-0.4, -0.2) is 19.7 Å². The number of methoxy groups -OCH3 is 1. The van der Waals surface area contributed by atoms with Crippen LogP contribution in [0.3, 0.4) is 0 Å². The summed E-state index contributed by atoms with van der Waals surface area (Å²) in [5.74, 6) is 0.944. The number of hydrogen-bond donors (Lipinski definition) is 0. The van der Waals surface area contributed by atoms with Crippen LogP contribution in [0.15, 0.2) is 17.1 Å². The highest BCUT2D eigenvalue weighted by Crippen LogP contribution is 2.33. The van der Waals surface area contributed by atoms with E-state index in [0.29, 0.717) is 6.54 Å². The van der Waals surface area contributed by atoms with E-state index in [1.54, 1.807) is 13.2 Å². The molecule has 1 aromatic carbocycles. The van der Waals surface area contributed by atoms with Crippen molar-refractivity contribution in [1.82, 2.24) is 0 Å². The van der Waals surface area contributed by atoms with E-state index in [1.165, 1.54) is 16.7 Å². The van der Waals surface area contributed by atoms with Gasteiger partial charge in [-0.3, -0.25) is 0 Å². The second-order valence-electron chi connectivity index (χ2n) is 5.81. The van der Waals surface area contributed by atoms with Crippen LogP contribution in [0.25, 0.3) is 0 Å². The Labute approximate surface area is 115 Å². The minimum absolute atomic E-state index is 0.0503. The average Bonchev–Trinajstić information content (AvgIpc) is 2.34. The summed E-state index contributed by atoms with van der Waals surface area (Å²) < 4.78 is 5.48. The molecule has 0 fully saturated rings. The van der Waals surface area contributed by atoms with Gasteiger partial charge in [0.05, 0.1) is 13.7 Å². The van der Waals surface area contributed by atoms with Crippen molar-refractivity contribution >= 4 is 6.08 Å². The fourth-order valence-electron chi connectivity index (χ4n) is 2.14. The third-order valence-corrected chi connectivity index (χ3v) is 3.25. The molecule has 0 aliphatic rings. The molecule has 0 aliphatic heterocycles. The lowest BCUT2D eigenvalue weighted by atomic mass is 9.84. The Morgan fingerprint density at radius 2 is 2.00 bits per heavy atom. The first kappa shape index (κ1) is 15.5. The third-order valence-electron chi connectivity index (χ3n) is 3.25. The van der Waals surface area contributed by atoms with E-state index >= 15 is 0 Å². The molecule has 0 amide bonds. The first-order valence-electron chi connectivity index (χ1n) is 6.61. The molecular formula is C16H23NO2. The van der Waals surface area contributed by atoms with Gasteiger partial charge in [0.1, 0.15) is 5.75 Å². The predicted molar refractivity (Wildman–Crippen MR) is 77.7 cm³/mol. The summed E-state index contributed by atoms with van der Waals surface area (Å²) in [5.41, 5.74) is 3.79. The maximum atomic E-state index is 10.0. The Morgan fingerprint density at radius 1 is 1.32 bits per heavy atom. The maximum Gasteiger partial charge on any atom is 0.234 e. The number of benzene rings is 1. The van der Waals surface area contributed by atoms with Gasteiger partial charge in [0.25, 0.3) is 0 Å². The van der Waals surface area contributed by atoms with E-state index < -0.39 is 0 Å². The number of hydrogen-bond acceptors (Lipinski definition) is 3. The van der Waals surface area contributed by atoms with Gasteiger partial charge in [-0.25, -0.2) is 9.79 Å². The van der Waals surface area contributed by atoms with Crippen molar-refractivity contribution in [3.8, 4) is 5.75 Å². The van der Waals surface area contributed by atoms with E-state index in [9.17, 15) is 4.79 Å². The zero-order valence-corrected chi connectivity index (χ0v) is 12.5. The Bertz CT molecular complexity index is 480. The molecular weight excluding hydrogens is 238 g/mol. The molecule has 0 aromatic heterocycles. The summed E-state index contributed by atoms with van der Waals surface area (Å²) in [5, 5.41) is 0. The molecule has 3 nitrogen and oxygen atoms in total. The van der Waals surface area contributed by atoms with Gasteiger partial charge in [-0.1, -0.05) is 26.8 Å². The van der Waals surface area contributed by atoms with Crippen molar-refractivity contribution in [1.29, 1.82) is 0 Å². The standard InChI is InChI=1S/C16H23NO2/c1-12-9-15(19-5)14(16(2,3)4)10-13(12)7-6-8-17-11-18/h9-10H,6-8H2,1-5H3. The van der Waals surface area contributed by atoms with Gasteiger partial charge in [-0.2, -0.15) is 0 Å². The van der Waals surface area contributed by atoms with Crippen LogP contribution >= 0.6 is 0 Å². The molecule has 1 aromatic rings. The van der Waals surface area contributed by atoms with Crippen LogP contribution in [-0.2, 0) is 16.6 Å². The van der Waals surface area contributed by atoms with Crippen molar-refractivity contribution in [2.24, 2.45) is 4.99 Å². The summed E-state index contributed by atoms with van der Waals surface area (Å²) in [6.07, 6.45) is 3.37. The summed E-state index contributed by atoms with van der Waals surface area (Å²) in [6, 6.07) is 4.32. The van der Waals surface area contributed by atoms with Crippen LogP contribution in [0.5, 0.6) is 5.75 Å². The fourth-order valence-corrected chi connectivity index (χ4v) is 2.14. The molecule has 1 rings (SSSR count). The Balaban J connectivity index is 3.02. The van der Waals surface area contributed by atoms with Gasteiger partial charge in [-0.15, -0.1) is 0 Å². The number of carbonyl (C=O) groups excluding carboxylic acids is 1. The molecule has 0 saturated heterocycles. The smallest absolute Gasteiger partial charge is 0.234 e. The van der Waals surface area contributed by atoms with E-state index in [2.05, 4.69) is 44.8 Å². The van der Waals surface area contributed by atoms with Crippen LogP contribution in [0.4, 0.5) is 0 Å². The number of rotatable bonds is 5. The molecule has 0 atom stereocenters. The van der Waals surface area contributed by atoms with Crippen molar-refractivity contribution in [3.63, 3.8) is 0 Å². The summed E-state index contributed by atoms with van der Waals surface area (Å²) in [6.45, 7) is 9.18. The molecule has 0 unspecified atom stereocenters. The van der Waals surface area contributed by atoms with Crippen LogP contribution in [0.1, 0.15) is 43.9 Å². The van der Waals surface area contributed by atoms with Crippen molar-refractivity contribution in [2.75, 3.05) is 13.7 Å². The predicted octanol–water partition coefficient (Wildman–Crippen LogP) is 3.57. The summed E-state index contributed by atoms with van der Waals surface area (Å²) in [7, 11) is 1.71.